The van der Waals surface area contributed by atoms with Crippen LogP contribution < -0.4 is 32.1 Å². The van der Waals surface area contributed by atoms with Crippen LogP contribution in [-0.4, -0.2) is 55.4 Å². The number of methoxy groups -OCH3 is 2. The third kappa shape index (κ3) is 2.59. The molecule has 1 fully saturated rings. The van der Waals surface area contributed by atoms with Gasteiger partial charge in [0.15, 0.2) is 17.3 Å². The molecular weight excluding hydrogens is 330 g/mol. The van der Waals surface area contributed by atoms with Crippen molar-refractivity contribution in [2.24, 2.45) is 0 Å². The van der Waals surface area contributed by atoms with E-state index in [1.54, 1.807) is 20.5 Å². The van der Waals surface area contributed by atoms with Crippen LogP contribution in [0.4, 0.5) is 5.82 Å². The Kier molecular flexibility index (Phi) is 4.64. The summed E-state index contributed by atoms with van der Waals surface area (Å²) in [4.78, 5) is 14.8. The molecule has 1 aromatic carbocycles. The fourth-order valence-corrected chi connectivity index (χ4v) is 3.21. The maximum atomic E-state index is 5.41. The van der Waals surface area contributed by atoms with Crippen molar-refractivity contribution in [2.75, 3.05) is 45.3 Å². The minimum absolute atomic E-state index is 0. The molecule has 24 heavy (non-hydrogen) atoms. The number of nitrogens with one attached hydrogen (secondary N) is 1. The van der Waals surface area contributed by atoms with E-state index in [4.69, 9.17) is 9.47 Å². The molecule has 0 atom stereocenters. The molecule has 0 unspecified atom stereocenters. The van der Waals surface area contributed by atoms with Crippen LogP contribution >= 0.6 is 0 Å². The number of aromatic amines is 1. The Morgan fingerprint density at radius 2 is 1.79 bits per heavy atom. The van der Waals surface area contributed by atoms with Crippen molar-refractivity contribution in [3.63, 3.8) is 0 Å². The van der Waals surface area contributed by atoms with Crippen LogP contribution in [0.1, 0.15) is 0 Å². The molecule has 0 bridgehead atoms. The molecule has 0 aliphatic carbocycles. The molecule has 8 heteroatoms. The van der Waals surface area contributed by atoms with Gasteiger partial charge in [-0.15, -0.1) is 0 Å². The molecule has 3 N–H and O–H groups in total. The highest BCUT2D eigenvalue weighted by Crippen LogP contribution is 2.36. The maximum Gasteiger partial charge on any atom is 0.162 e. The predicted molar refractivity (Wildman–Crippen MR) is 88.4 cm³/mol. The number of halogens is 1. The zero-order valence-electron chi connectivity index (χ0n) is 13.7. The van der Waals surface area contributed by atoms with Crippen LogP contribution in [-0.2, 0) is 0 Å². The summed E-state index contributed by atoms with van der Waals surface area (Å²) in [5.41, 5.74) is 2.86. The van der Waals surface area contributed by atoms with E-state index in [0.29, 0.717) is 11.5 Å². The first-order valence-corrected chi connectivity index (χ1v) is 7.77. The summed E-state index contributed by atoms with van der Waals surface area (Å²) >= 11 is 0. The van der Waals surface area contributed by atoms with Gasteiger partial charge in [-0.3, -0.25) is 0 Å². The molecule has 7 nitrogen and oxygen atoms in total. The van der Waals surface area contributed by atoms with E-state index >= 15 is 0 Å². The van der Waals surface area contributed by atoms with Crippen LogP contribution in [0, 0.1) is 0 Å². The summed E-state index contributed by atoms with van der Waals surface area (Å²) < 4.78 is 10.8. The second-order valence-corrected chi connectivity index (χ2v) is 5.65. The number of fused-ring (bicyclic) bond motifs is 3. The van der Waals surface area contributed by atoms with Crippen LogP contribution in [0.15, 0.2) is 18.5 Å². The third-order valence-electron chi connectivity index (χ3n) is 4.37. The molecule has 128 valence electrons. The van der Waals surface area contributed by atoms with Crippen molar-refractivity contribution >= 4 is 27.8 Å². The normalized spacial score (nSPS) is 14.7. The number of ether oxygens (including phenoxy) is 2. The molecule has 0 saturated carbocycles. The minimum atomic E-state index is 0. The largest absolute Gasteiger partial charge is 1.00 e. The quantitative estimate of drug-likeness (QED) is 0.547. The SMILES string of the molecule is COc1cc2[nH]c3c(N4CC[NH2+]CC4)ncnc3c2cc1OC.[Cl-]. The second kappa shape index (κ2) is 6.70. The number of hydrogen-bond donors (Lipinski definition) is 2. The number of rotatable bonds is 3. The van der Waals surface area contributed by atoms with Crippen molar-refractivity contribution in [3.8, 4) is 11.5 Å². The topological polar surface area (TPSA) is 79.9 Å². The monoisotopic (exact) mass is 349 g/mol. The van der Waals surface area contributed by atoms with E-state index in [0.717, 1.165) is 53.9 Å². The van der Waals surface area contributed by atoms with Gasteiger partial charge in [-0.2, -0.15) is 0 Å². The van der Waals surface area contributed by atoms with E-state index < -0.39 is 0 Å². The van der Waals surface area contributed by atoms with Crippen LogP contribution in [0.2, 0.25) is 0 Å². The lowest BCUT2D eigenvalue weighted by molar-refractivity contribution is -0.655. The van der Waals surface area contributed by atoms with Gasteiger partial charge in [0.2, 0.25) is 0 Å². The van der Waals surface area contributed by atoms with Gasteiger partial charge in [-0.1, -0.05) is 0 Å². The molecule has 1 aliphatic rings. The highest BCUT2D eigenvalue weighted by Gasteiger charge is 2.20. The molecule has 0 amide bonds. The molecule has 3 aromatic rings. The smallest absolute Gasteiger partial charge is 0.162 e. The minimum Gasteiger partial charge on any atom is -1.00 e. The van der Waals surface area contributed by atoms with Gasteiger partial charge >= 0.3 is 0 Å². The molecule has 0 radical (unpaired) electrons. The van der Waals surface area contributed by atoms with Gasteiger partial charge < -0.3 is 37.1 Å². The summed E-state index contributed by atoms with van der Waals surface area (Å²) in [6.45, 7) is 4.17. The zero-order valence-corrected chi connectivity index (χ0v) is 14.4. The van der Waals surface area contributed by atoms with Gasteiger partial charge in [0, 0.05) is 11.5 Å². The van der Waals surface area contributed by atoms with E-state index in [1.807, 2.05) is 12.1 Å². The maximum absolute atomic E-state index is 5.41. The highest BCUT2D eigenvalue weighted by molar-refractivity contribution is 6.09. The van der Waals surface area contributed by atoms with Gasteiger partial charge in [-0.25, -0.2) is 9.97 Å². The highest BCUT2D eigenvalue weighted by atomic mass is 35.5. The Morgan fingerprint density at radius 1 is 1.08 bits per heavy atom. The number of nitrogens with zero attached hydrogens (tertiary/aromatic N) is 3. The van der Waals surface area contributed by atoms with Crippen molar-refractivity contribution in [2.45, 2.75) is 0 Å². The van der Waals surface area contributed by atoms with Crippen molar-refractivity contribution < 1.29 is 27.2 Å². The lowest BCUT2D eigenvalue weighted by Crippen LogP contribution is -3.00. The number of H-pyrrole nitrogens is 1. The first-order valence-electron chi connectivity index (χ1n) is 7.77. The third-order valence-corrected chi connectivity index (χ3v) is 4.37. The molecule has 1 aliphatic heterocycles. The average Bonchev–Trinajstić information content (AvgIpc) is 2.98. The summed E-state index contributed by atoms with van der Waals surface area (Å²) in [5.74, 6) is 2.37. The fourth-order valence-electron chi connectivity index (χ4n) is 3.21. The Labute approximate surface area is 145 Å². The molecule has 1 saturated heterocycles. The van der Waals surface area contributed by atoms with Gasteiger partial charge in [0.25, 0.3) is 0 Å². The Bertz CT molecular complexity index is 860. The number of quaternary nitrogens is 1. The Balaban J connectivity index is 0.00000169. The summed E-state index contributed by atoms with van der Waals surface area (Å²) in [6.07, 6.45) is 1.64. The molecule has 3 heterocycles. The summed E-state index contributed by atoms with van der Waals surface area (Å²) in [7, 11) is 3.28. The molecule has 2 aromatic heterocycles. The number of nitrogens with two attached hydrogens (primary N) is 1. The number of anilines is 1. The number of piperazine rings is 1. The van der Waals surface area contributed by atoms with Gasteiger partial charge in [0.1, 0.15) is 17.4 Å². The first-order chi connectivity index (χ1) is 11.3. The second-order valence-electron chi connectivity index (χ2n) is 5.65. The lowest BCUT2D eigenvalue weighted by atomic mass is 10.2. The molecular formula is C16H20ClN5O2. The molecule has 0 spiro atoms. The van der Waals surface area contributed by atoms with E-state index in [9.17, 15) is 0 Å². The van der Waals surface area contributed by atoms with Gasteiger partial charge in [0.05, 0.1) is 45.9 Å². The number of hydrogen-bond acceptors (Lipinski definition) is 5. The van der Waals surface area contributed by atoms with Crippen molar-refractivity contribution in [3.05, 3.63) is 18.5 Å². The number of benzene rings is 1. The fraction of sp³-hybridized carbons (Fsp3) is 0.375. The Morgan fingerprint density at radius 3 is 2.50 bits per heavy atom. The average molecular weight is 350 g/mol. The summed E-state index contributed by atoms with van der Waals surface area (Å²) in [6, 6.07) is 3.91. The van der Waals surface area contributed by atoms with Crippen LogP contribution in [0.5, 0.6) is 11.5 Å². The van der Waals surface area contributed by atoms with E-state index in [1.165, 1.54) is 0 Å². The van der Waals surface area contributed by atoms with Crippen LogP contribution in [0.25, 0.3) is 21.9 Å². The lowest BCUT2D eigenvalue weighted by Gasteiger charge is -2.26. The van der Waals surface area contributed by atoms with E-state index in [-0.39, 0.29) is 12.4 Å². The van der Waals surface area contributed by atoms with Crippen molar-refractivity contribution in [1.82, 2.24) is 15.0 Å². The zero-order chi connectivity index (χ0) is 15.8. The van der Waals surface area contributed by atoms with Crippen molar-refractivity contribution in [1.29, 1.82) is 0 Å². The predicted octanol–water partition coefficient (Wildman–Crippen LogP) is -2.48. The first kappa shape index (κ1) is 16.6. The molecule has 4 rings (SSSR count). The number of aromatic nitrogens is 3. The van der Waals surface area contributed by atoms with Crippen LogP contribution in [0.3, 0.4) is 0 Å². The van der Waals surface area contributed by atoms with E-state index in [2.05, 4.69) is 25.2 Å². The van der Waals surface area contributed by atoms with Gasteiger partial charge in [-0.05, 0) is 6.07 Å². The standard InChI is InChI=1S/C16H19N5O2.ClH/c1-22-12-7-10-11(8-13(12)23-2)20-15-14(10)18-9-19-16(15)21-5-3-17-4-6-21;/h7-9,17,20H,3-6H2,1-2H3;1H. The Hall–Kier alpha value is -2.25. The summed E-state index contributed by atoms with van der Waals surface area (Å²) in [5, 5.41) is 3.35.